The van der Waals surface area contributed by atoms with Crippen LogP contribution in [0.3, 0.4) is 0 Å². The predicted molar refractivity (Wildman–Crippen MR) is 173 cm³/mol. The van der Waals surface area contributed by atoms with Gasteiger partial charge in [-0.05, 0) is 0 Å². The van der Waals surface area contributed by atoms with Crippen molar-refractivity contribution in [3.05, 3.63) is 63.3 Å². The summed E-state index contributed by atoms with van der Waals surface area (Å²) < 4.78 is 8.57. The molecule has 2 saturated heterocycles. The molecule has 4 aliphatic rings. The summed E-state index contributed by atoms with van der Waals surface area (Å²) in [5, 5.41) is 22.6. The van der Waals surface area contributed by atoms with Crippen molar-refractivity contribution in [1.82, 2.24) is 0 Å². The third kappa shape index (κ3) is 4.89. The second kappa shape index (κ2) is 11.7. The predicted octanol–water partition coefficient (Wildman–Crippen LogP) is 5.44. The molecule has 0 bridgehead atoms. The molecule has 0 aromatic heterocycles. The van der Waals surface area contributed by atoms with Crippen molar-refractivity contribution in [1.29, 1.82) is 0 Å². The minimum absolute atomic E-state index is 0.0749. The van der Waals surface area contributed by atoms with E-state index in [0.717, 1.165) is 59.4 Å². The van der Waals surface area contributed by atoms with E-state index in [1.54, 1.807) is 12.1 Å². The molecule has 0 atom stereocenters. The monoisotopic (exact) mass is 720 g/mol. The zero-order valence-corrected chi connectivity index (χ0v) is 28.4. The van der Waals surface area contributed by atoms with Crippen LogP contribution < -0.4 is 14.1 Å². The molecule has 1 aliphatic carbocycles. The fourth-order valence-electron chi connectivity index (χ4n) is 5.07. The Kier molecular flexibility index (Phi) is 8.39. The summed E-state index contributed by atoms with van der Waals surface area (Å²) in [5.74, 6) is 4.05. The third-order valence-electron chi connectivity index (χ3n) is 6.89. The molecule has 3 heterocycles. The van der Waals surface area contributed by atoms with Crippen molar-refractivity contribution in [2.75, 3.05) is 23.0 Å². The van der Waals surface area contributed by atoms with Crippen LogP contribution in [0.25, 0.3) is 33.4 Å². The molecule has 39 heavy (non-hydrogen) atoms. The van der Waals surface area contributed by atoms with E-state index < -0.39 is 30.6 Å². The second-order valence-electron chi connectivity index (χ2n) is 9.08. The van der Waals surface area contributed by atoms with Gasteiger partial charge in [0.05, 0.1) is 0 Å². The van der Waals surface area contributed by atoms with Gasteiger partial charge >= 0.3 is 251 Å². The normalized spacial score (nSPS) is 16.6. The Labute approximate surface area is 249 Å². The first-order chi connectivity index (χ1) is 18.9. The van der Waals surface area contributed by atoms with Crippen LogP contribution in [0.5, 0.6) is 5.75 Å². The molecule has 2 N–H and O–H groups in total. The van der Waals surface area contributed by atoms with Gasteiger partial charge in [0.15, 0.2) is 0 Å². The van der Waals surface area contributed by atoms with Gasteiger partial charge in [0.2, 0.25) is 0 Å². The number of carboxylic acids is 1. The number of rotatable bonds is 6. The molecule has 0 spiro atoms. The van der Waals surface area contributed by atoms with Gasteiger partial charge in [-0.3, -0.25) is 0 Å². The fourth-order valence-corrected chi connectivity index (χ4v) is 34.7. The average Bonchev–Trinajstić information content (AvgIpc) is 3.66. The van der Waals surface area contributed by atoms with Gasteiger partial charge in [0, 0.05) is 0 Å². The number of carbonyl (C=O) groups is 1. The minimum atomic E-state index is -1.80. The van der Waals surface area contributed by atoms with Gasteiger partial charge in [-0.25, -0.2) is 0 Å². The SMILES string of the molecule is CCc1cc2c(-c3ccccc3C(=O)O)c3cc(CC)c(=O)c([As]4SCCS4)c-3oc2c([As]2SCCS2)c1O. The topological polar surface area (TPSA) is 87.7 Å². The van der Waals surface area contributed by atoms with Gasteiger partial charge < -0.3 is 0 Å². The number of hydrogen-bond donors (Lipinski definition) is 2. The Balaban J connectivity index is 1.85. The van der Waals surface area contributed by atoms with Gasteiger partial charge in [-0.1, -0.05) is 0 Å². The van der Waals surface area contributed by atoms with E-state index in [9.17, 15) is 19.8 Å². The standard InChI is InChI=1S/C28H26As2O5S4/c1-3-15-13-19-21(17-7-5-6-8-18(17)28(33)34)20-14-16(4-2)25(32)23(30-38-11-12-39-30)27(20)35-26(19)22(24(15)31)29-36-9-10-37-29/h5-8,13-14,31H,3-4,9-12H2,1-2H3,(H,33,34). The van der Waals surface area contributed by atoms with E-state index in [-0.39, 0.29) is 11.0 Å². The number of fused-ring (bicyclic) bond motifs is 2. The number of phenolic OH excluding ortho intramolecular Hbond substituents is 1. The van der Waals surface area contributed by atoms with Crippen molar-refractivity contribution in [3.63, 3.8) is 0 Å². The van der Waals surface area contributed by atoms with Crippen LogP contribution in [0.2, 0.25) is 0 Å². The van der Waals surface area contributed by atoms with E-state index in [1.807, 2.05) is 78.2 Å². The number of hydrogen-bond acceptors (Lipinski definition) is 8. The molecule has 0 unspecified atom stereocenters. The third-order valence-corrected chi connectivity index (χ3v) is 34.0. The van der Waals surface area contributed by atoms with Gasteiger partial charge in [0.25, 0.3) is 0 Å². The number of aromatic hydroxyl groups is 1. The first kappa shape index (κ1) is 28.1. The molecule has 0 amide bonds. The Morgan fingerprint density at radius 3 is 2.13 bits per heavy atom. The molecule has 11 heteroatoms. The fraction of sp³-hybridized carbons (Fsp3) is 0.286. The molecule has 3 aliphatic heterocycles. The number of aromatic carboxylic acids is 1. The maximum atomic E-state index is 13.9. The molecule has 6 rings (SSSR count). The molecule has 2 aromatic carbocycles. The maximum absolute atomic E-state index is 13.9. The molecular formula is C28H26As2O5S4. The van der Waals surface area contributed by atoms with Crippen molar-refractivity contribution >= 4 is 90.4 Å². The summed E-state index contributed by atoms with van der Waals surface area (Å²) in [6.07, 6.45) is 1.25. The summed E-state index contributed by atoms with van der Waals surface area (Å²) >= 11 is -3.56. The van der Waals surface area contributed by atoms with Gasteiger partial charge in [-0.2, -0.15) is 0 Å². The Morgan fingerprint density at radius 1 is 0.897 bits per heavy atom. The van der Waals surface area contributed by atoms with Crippen LogP contribution in [0.15, 0.2) is 45.6 Å². The second-order valence-corrected chi connectivity index (χ2v) is 32.3. The number of carboxylic acid groups (broad SMARTS) is 1. The van der Waals surface area contributed by atoms with Crippen molar-refractivity contribution in [2.24, 2.45) is 0 Å². The Morgan fingerprint density at radius 2 is 1.51 bits per heavy atom. The van der Waals surface area contributed by atoms with Crippen LogP contribution in [0.4, 0.5) is 0 Å². The Hall–Kier alpha value is -1.08. The first-order valence-corrected chi connectivity index (χ1v) is 27.5. The van der Waals surface area contributed by atoms with Crippen LogP contribution in [0.1, 0.15) is 35.3 Å². The molecule has 5 nitrogen and oxygen atoms in total. The van der Waals surface area contributed by atoms with E-state index >= 15 is 0 Å². The van der Waals surface area contributed by atoms with Crippen molar-refractivity contribution in [3.8, 4) is 28.2 Å². The quantitative estimate of drug-likeness (QED) is 0.200. The molecule has 202 valence electrons. The molecule has 2 aromatic rings. The van der Waals surface area contributed by atoms with Gasteiger partial charge in [0.1, 0.15) is 0 Å². The van der Waals surface area contributed by atoms with E-state index in [1.165, 1.54) is 0 Å². The van der Waals surface area contributed by atoms with Crippen LogP contribution in [-0.4, -0.2) is 63.9 Å². The summed E-state index contributed by atoms with van der Waals surface area (Å²) in [7, 11) is 7.67. The molecular weight excluding hydrogens is 694 g/mol. The van der Waals surface area contributed by atoms with Crippen LogP contribution in [0, 0.1) is 0 Å². The summed E-state index contributed by atoms with van der Waals surface area (Å²) in [6, 6.07) is 11.0. The average molecular weight is 721 g/mol. The number of benzene rings is 3. The van der Waals surface area contributed by atoms with E-state index in [2.05, 4.69) is 0 Å². The Bertz CT molecular complexity index is 1630. The first-order valence-electron chi connectivity index (χ1n) is 12.7. The van der Waals surface area contributed by atoms with Crippen LogP contribution in [-0.2, 0) is 12.8 Å². The van der Waals surface area contributed by atoms with Crippen molar-refractivity contribution in [2.45, 2.75) is 26.7 Å². The van der Waals surface area contributed by atoms with E-state index in [0.29, 0.717) is 35.5 Å². The van der Waals surface area contributed by atoms with Crippen LogP contribution >= 0.6 is 40.1 Å². The molecule has 0 saturated carbocycles. The summed E-state index contributed by atoms with van der Waals surface area (Å²) in [6.45, 7) is 4.03. The molecule has 2 fully saturated rings. The van der Waals surface area contributed by atoms with Gasteiger partial charge in [-0.15, -0.1) is 0 Å². The number of phenols is 1. The molecule has 0 radical (unpaired) electrons. The number of aryl methyl sites for hydroxylation is 2. The zero-order valence-electron chi connectivity index (χ0n) is 21.4. The zero-order chi connectivity index (χ0) is 27.3. The van der Waals surface area contributed by atoms with E-state index in [4.69, 9.17) is 4.42 Å². The summed E-state index contributed by atoms with van der Waals surface area (Å²) in [5.41, 5.74) is 4.72. The summed E-state index contributed by atoms with van der Waals surface area (Å²) in [4.78, 5) is 26.3. The van der Waals surface area contributed by atoms with Crippen molar-refractivity contribution < 1.29 is 19.4 Å².